The Bertz CT molecular complexity index is 1130. The minimum absolute atomic E-state index is 0.110. The number of rotatable bonds is 8. The molecule has 2 heterocycles. The summed E-state index contributed by atoms with van der Waals surface area (Å²) < 4.78 is 19.8. The molecule has 1 aliphatic rings. The van der Waals surface area contributed by atoms with E-state index in [1.54, 1.807) is 24.4 Å². The third-order valence-electron chi connectivity index (χ3n) is 6.18. The van der Waals surface area contributed by atoms with Gasteiger partial charge in [-0.3, -0.25) is 4.90 Å². The highest BCUT2D eigenvalue weighted by Gasteiger charge is 2.22. The summed E-state index contributed by atoms with van der Waals surface area (Å²) in [4.78, 5) is 11.2. The number of nitrogens with zero attached hydrogens (tertiary/aromatic N) is 3. The Labute approximate surface area is 200 Å². The lowest BCUT2D eigenvalue weighted by molar-refractivity contribution is 0.139. The van der Waals surface area contributed by atoms with E-state index in [-0.39, 0.29) is 11.6 Å². The highest BCUT2D eigenvalue weighted by atomic mass is 19.1. The number of methoxy groups -OCH3 is 1. The quantitative estimate of drug-likeness (QED) is 0.466. The molecule has 0 amide bonds. The first-order valence-electron chi connectivity index (χ1n) is 11.6. The number of nitrogens with one attached hydrogen (secondary N) is 2. The molecule has 3 aromatic rings. The molecule has 0 unspecified atom stereocenters. The van der Waals surface area contributed by atoms with Crippen molar-refractivity contribution >= 4 is 5.95 Å². The van der Waals surface area contributed by atoms with E-state index in [1.807, 2.05) is 18.2 Å². The number of aromatic hydroxyl groups is 1. The number of ether oxygens (including phenoxy) is 1. The first-order chi connectivity index (χ1) is 16.4. The van der Waals surface area contributed by atoms with Gasteiger partial charge < -0.3 is 20.5 Å². The molecule has 180 valence electrons. The van der Waals surface area contributed by atoms with Crippen LogP contribution in [-0.2, 0) is 13.0 Å². The van der Waals surface area contributed by atoms with E-state index in [2.05, 4.69) is 39.3 Å². The van der Waals surface area contributed by atoms with Gasteiger partial charge in [0.2, 0.25) is 5.95 Å². The number of hydrogen-bond donors (Lipinski definition) is 3. The van der Waals surface area contributed by atoms with Gasteiger partial charge in [0.15, 0.2) is 11.5 Å². The summed E-state index contributed by atoms with van der Waals surface area (Å²) in [6.45, 7) is 7.64. The SMILES string of the molecule is COc1ccc(CCNc2nccc(-c3cc(CN4C[C@@H](C)NC[C@@H]4C)ccc3F)n2)cc1O. The molecule has 34 heavy (non-hydrogen) atoms. The maximum Gasteiger partial charge on any atom is 0.223 e. The van der Waals surface area contributed by atoms with Crippen molar-refractivity contribution < 1.29 is 14.2 Å². The normalized spacial score (nSPS) is 18.6. The van der Waals surface area contributed by atoms with Gasteiger partial charge in [-0.15, -0.1) is 0 Å². The van der Waals surface area contributed by atoms with Crippen LogP contribution in [-0.4, -0.2) is 58.8 Å². The summed E-state index contributed by atoms with van der Waals surface area (Å²) in [5.41, 5.74) is 3.03. The standard InChI is InChI=1S/C26H32FN5O2/c1-17-15-32(18(2)14-30-17)16-20-4-6-22(27)21(12-20)23-9-11-29-26(31-23)28-10-8-19-5-7-25(34-3)24(33)13-19/h4-7,9,11-13,17-18,30,33H,8,10,14-16H2,1-3H3,(H,28,29,31)/t17-,18+/m1/s1. The molecule has 1 saturated heterocycles. The Morgan fingerprint density at radius 2 is 2.00 bits per heavy atom. The number of piperazine rings is 1. The predicted molar refractivity (Wildman–Crippen MR) is 132 cm³/mol. The van der Waals surface area contributed by atoms with Crippen LogP contribution in [0, 0.1) is 5.82 Å². The van der Waals surface area contributed by atoms with Crippen LogP contribution in [0.5, 0.6) is 11.5 Å². The summed E-state index contributed by atoms with van der Waals surface area (Å²) in [5.74, 6) is 0.685. The van der Waals surface area contributed by atoms with Crippen LogP contribution in [0.15, 0.2) is 48.7 Å². The van der Waals surface area contributed by atoms with Crippen molar-refractivity contribution in [2.24, 2.45) is 0 Å². The fraction of sp³-hybridized carbons (Fsp3) is 0.385. The molecule has 2 atom stereocenters. The topological polar surface area (TPSA) is 82.5 Å². The first-order valence-corrected chi connectivity index (χ1v) is 11.6. The van der Waals surface area contributed by atoms with E-state index in [1.165, 1.54) is 13.2 Å². The van der Waals surface area contributed by atoms with Crippen LogP contribution in [0.2, 0.25) is 0 Å². The lowest BCUT2D eigenvalue weighted by Crippen LogP contribution is -2.53. The van der Waals surface area contributed by atoms with Crippen LogP contribution in [0.25, 0.3) is 11.3 Å². The molecule has 7 nitrogen and oxygen atoms in total. The summed E-state index contributed by atoms with van der Waals surface area (Å²) in [5, 5.41) is 16.6. The molecule has 0 radical (unpaired) electrons. The summed E-state index contributed by atoms with van der Waals surface area (Å²) in [7, 11) is 1.52. The predicted octanol–water partition coefficient (Wildman–Crippen LogP) is 3.83. The van der Waals surface area contributed by atoms with E-state index >= 15 is 0 Å². The number of phenolic OH excluding ortho intramolecular Hbond substituents is 1. The van der Waals surface area contributed by atoms with Crippen molar-refractivity contribution in [2.45, 2.75) is 38.9 Å². The monoisotopic (exact) mass is 465 g/mol. The second-order valence-corrected chi connectivity index (χ2v) is 8.85. The summed E-state index contributed by atoms with van der Waals surface area (Å²) in [6.07, 6.45) is 2.30. The van der Waals surface area contributed by atoms with Crippen molar-refractivity contribution in [3.05, 3.63) is 65.6 Å². The number of phenols is 1. The Hall–Kier alpha value is -3.23. The van der Waals surface area contributed by atoms with Gasteiger partial charge in [-0.05, 0) is 61.7 Å². The third-order valence-corrected chi connectivity index (χ3v) is 6.18. The third kappa shape index (κ3) is 5.81. The lowest BCUT2D eigenvalue weighted by atomic mass is 10.0. The molecule has 0 bridgehead atoms. The zero-order valence-corrected chi connectivity index (χ0v) is 19.9. The van der Waals surface area contributed by atoms with Crippen molar-refractivity contribution in [1.29, 1.82) is 0 Å². The van der Waals surface area contributed by atoms with E-state index in [4.69, 9.17) is 4.74 Å². The molecular weight excluding hydrogens is 433 g/mol. The Balaban J connectivity index is 1.43. The van der Waals surface area contributed by atoms with E-state index in [0.29, 0.717) is 48.0 Å². The Morgan fingerprint density at radius 3 is 2.79 bits per heavy atom. The smallest absolute Gasteiger partial charge is 0.223 e. The minimum Gasteiger partial charge on any atom is -0.504 e. The van der Waals surface area contributed by atoms with Crippen LogP contribution in [0.1, 0.15) is 25.0 Å². The number of halogens is 1. The molecule has 2 aromatic carbocycles. The van der Waals surface area contributed by atoms with Gasteiger partial charge in [-0.1, -0.05) is 12.1 Å². The van der Waals surface area contributed by atoms with Gasteiger partial charge in [0.05, 0.1) is 12.8 Å². The number of hydrogen-bond acceptors (Lipinski definition) is 7. The number of anilines is 1. The molecule has 1 fully saturated rings. The summed E-state index contributed by atoms with van der Waals surface area (Å²) in [6, 6.07) is 13.2. The minimum atomic E-state index is -0.302. The van der Waals surface area contributed by atoms with Gasteiger partial charge in [-0.2, -0.15) is 0 Å². The molecule has 1 aromatic heterocycles. The van der Waals surface area contributed by atoms with E-state index < -0.39 is 0 Å². The maximum absolute atomic E-state index is 14.7. The van der Waals surface area contributed by atoms with Crippen LogP contribution < -0.4 is 15.4 Å². The largest absolute Gasteiger partial charge is 0.504 e. The van der Waals surface area contributed by atoms with Crippen molar-refractivity contribution in [3.8, 4) is 22.8 Å². The van der Waals surface area contributed by atoms with Gasteiger partial charge in [0.25, 0.3) is 0 Å². The first kappa shape index (κ1) is 23.9. The van der Waals surface area contributed by atoms with Crippen LogP contribution >= 0.6 is 0 Å². The Morgan fingerprint density at radius 1 is 1.18 bits per heavy atom. The van der Waals surface area contributed by atoms with Gasteiger partial charge >= 0.3 is 0 Å². The molecule has 8 heteroatoms. The van der Waals surface area contributed by atoms with Crippen molar-refractivity contribution in [3.63, 3.8) is 0 Å². The van der Waals surface area contributed by atoms with Crippen molar-refractivity contribution in [2.75, 3.05) is 32.1 Å². The second-order valence-electron chi connectivity index (χ2n) is 8.85. The second kappa shape index (κ2) is 10.8. The molecule has 0 aliphatic carbocycles. The molecule has 0 spiro atoms. The fourth-order valence-electron chi connectivity index (χ4n) is 4.22. The van der Waals surface area contributed by atoms with E-state index in [0.717, 1.165) is 30.8 Å². The van der Waals surface area contributed by atoms with Crippen LogP contribution in [0.4, 0.5) is 10.3 Å². The van der Waals surface area contributed by atoms with Gasteiger partial charge in [-0.25, -0.2) is 14.4 Å². The molecule has 1 aliphatic heterocycles. The highest BCUT2D eigenvalue weighted by molar-refractivity contribution is 5.62. The number of benzene rings is 2. The summed E-state index contributed by atoms with van der Waals surface area (Å²) >= 11 is 0. The van der Waals surface area contributed by atoms with Crippen molar-refractivity contribution in [1.82, 2.24) is 20.2 Å². The average Bonchev–Trinajstić information content (AvgIpc) is 2.83. The van der Waals surface area contributed by atoms with Gasteiger partial charge in [0, 0.05) is 50.0 Å². The molecule has 3 N–H and O–H groups in total. The molecule has 0 saturated carbocycles. The molecule has 4 rings (SSSR count). The fourth-order valence-corrected chi connectivity index (χ4v) is 4.22. The Kier molecular flexibility index (Phi) is 7.59. The molecular formula is C26H32FN5O2. The zero-order valence-electron chi connectivity index (χ0n) is 19.9. The average molecular weight is 466 g/mol. The zero-order chi connectivity index (χ0) is 24.1. The maximum atomic E-state index is 14.7. The highest BCUT2D eigenvalue weighted by Crippen LogP contribution is 2.27. The van der Waals surface area contributed by atoms with E-state index in [9.17, 15) is 9.50 Å². The van der Waals surface area contributed by atoms with Gasteiger partial charge in [0.1, 0.15) is 5.82 Å². The lowest BCUT2D eigenvalue weighted by Gasteiger charge is -2.37. The van der Waals surface area contributed by atoms with Crippen LogP contribution in [0.3, 0.4) is 0 Å². The number of aromatic nitrogens is 2.